The SMILES string of the molecule is CN(C(=O)CNC1CCC(CNC(=C2CCC2)c2cc(C(F)(F)F)cc(C(F)(F)F)c2)CC1)C1CCCC1. The van der Waals surface area contributed by atoms with Crippen molar-refractivity contribution in [3.8, 4) is 0 Å². The first-order valence-electron chi connectivity index (χ1n) is 13.7. The lowest BCUT2D eigenvalue weighted by molar-refractivity contribution is -0.143. The first-order valence-corrected chi connectivity index (χ1v) is 13.7. The molecule has 0 aromatic heterocycles. The molecule has 0 bridgehead atoms. The standard InChI is InChI=1S/C28H37F6N3O/c1-37(24-7-2-3-8-24)25(38)17-35-23-11-9-18(10-12-23)16-36-26(19-5-4-6-19)20-13-21(27(29,30)31)15-22(14-20)28(32,33)34/h13-15,18,23-24,35-36H,2-12,16-17H2,1H3. The van der Waals surface area contributed by atoms with Gasteiger partial charge in [-0.3, -0.25) is 4.79 Å². The van der Waals surface area contributed by atoms with E-state index in [0.717, 1.165) is 62.7 Å². The average molecular weight is 546 g/mol. The van der Waals surface area contributed by atoms with Gasteiger partial charge in [-0.1, -0.05) is 12.8 Å². The van der Waals surface area contributed by atoms with Crippen LogP contribution in [0.1, 0.15) is 87.3 Å². The number of rotatable bonds is 8. The first-order chi connectivity index (χ1) is 17.9. The Labute approximate surface area is 220 Å². The Kier molecular flexibility index (Phi) is 9.00. The van der Waals surface area contributed by atoms with Crippen molar-refractivity contribution in [1.82, 2.24) is 15.5 Å². The lowest BCUT2D eigenvalue weighted by Crippen LogP contribution is -2.44. The number of carbonyl (C=O) groups is 1. The van der Waals surface area contributed by atoms with Crippen LogP contribution in [-0.2, 0) is 17.1 Å². The molecule has 0 heterocycles. The molecule has 1 amide bonds. The van der Waals surface area contributed by atoms with E-state index in [1.54, 1.807) is 0 Å². The molecule has 0 aliphatic heterocycles. The largest absolute Gasteiger partial charge is 0.416 e. The molecule has 3 aliphatic rings. The minimum Gasteiger partial charge on any atom is -0.384 e. The van der Waals surface area contributed by atoms with E-state index in [-0.39, 0.29) is 29.5 Å². The zero-order valence-corrected chi connectivity index (χ0v) is 21.8. The van der Waals surface area contributed by atoms with Gasteiger partial charge in [-0.2, -0.15) is 26.3 Å². The number of benzene rings is 1. The van der Waals surface area contributed by atoms with Crippen LogP contribution in [0.2, 0.25) is 0 Å². The number of hydrogen-bond donors (Lipinski definition) is 2. The van der Waals surface area contributed by atoms with E-state index >= 15 is 0 Å². The molecular weight excluding hydrogens is 508 g/mol. The molecule has 212 valence electrons. The molecule has 4 rings (SSSR count). The van der Waals surface area contributed by atoms with Gasteiger partial charge in [-0.15, -0.1) is 0 Å². The van der Waals surface area contributed by atoms with Gasteiger partial charge < -0.3 is 15.5 Å². The minimum absolute atomic E-state index is 0.0536. The van der Waals surface area contributed by atoms with Crippen LogP contribution in [0.3, 0.4) is 0 Å². The average Bonchev–Trinajstić information content (AvgIpc) is 3.37. The lowest BCUT2D eigenvalue weighted by atomic mass is 9.84. The molecule has 2 N–H and O–H groups in total. The van der Waals surface area contributed by atoms with Gasteiger partial charge in [0.2, 0.25) is 5.91 Å². The minimum atomic E-state index is -4.87. The van der Waals surface area contributed by atoms with Crippen LogP contribution in [-0.4, -0.2) is 43.0 Å². The van der Waals surface area contributed by atoms with Gasteiger partial charge in [-0.25, -0.2) is 0 Å². The number of carbonyl (C=O) groups excluding carboxylic acids is 1. The maximum atomic E-state index is 13.4. The fraction of sp³-hybridized carbons (Fsp3) is 0.679. The molecule has 3 aliphatic carbocycles. The summed E-state index contributed by atoms with van der Waals surface area (Å²) in [6.07, 6.45) is 0.429. The Morgan fingerprint density at radius 2 is 1.45 bits per heavy atom. The number of halogens is 6. The second-order valence-electron chi connectivity index (χ2n) is 11.0. The molecule has 1 aromatic carbocycles. The second-order valence-corrected chi connectivity index (χ2v) is 11.0. The van der Waals surface area contributed by atoms with Crippen molar-refractivity contribution in [3.63, 3.8) is 0 Å². The van der Waals surface area contributed by atoms with E-state index in [9.17, 15) is 31.1 Å². The summed E-state index contributed by atoms with van der Waals surface area (Å²) in [6.45, 7) is 0.806. The highest BCUT2D eigenvalue weighted by Crippen LogP contribution is 2.40. The molecule has 38 heavy (non-hydrogen) atoms. The normalized spacial score (nSPS) is 22.8. The maximum absolute atomic E-state index is 13.4. The third-order valence-corrected chi connectivity index (χ3v) is 8.41. The summed E-state index contributed by atoms with van der Waals surface area (Å²) in [5.41, 5.74) is -1.35. The molecule has 1 aromatic rings. The molecule has 3 fully saturated rings. The Balaban J connectivity index is 1.34. The zero-order valence-electron chi connectivity index (χ0n) is 21.8. The number of nitrogens with one attached hydrogen (secondary N) is 2. The molecule has 0 saturated heterocycles. The number of hydrogen-bond acceptors (Lipinski definition) is 3. The van der Waals surface area contributed by atoms with Gasteiger partial charge in [-0.05, 0) is 93.0 Å². The van der Waals surface area contributed by atoms with Crippen molar-refractivity contribution in [2.24, 2.45) is 5.92 Å². The number of alkyl halides is 6. The van der Waals surface area contributed by atoms with Gasteiger partial charge in [0, 0.05) is 31.4 Å². The van der Waals surface area contributed by atoms with Crippen LogP contribution in [0, 0.1) is 5.92 Å². The van der Waals surface area contributed by atoms with Crippen molar-refractivity contribution in [2.75, 3.05) is 20.1 Å². The molecule has 0 unspecified atom stereocenters. The van der Waals surface area contributed by atoms with Crippen molar-refractivity contribution < 1.29 is 31.1 Å². The predicted octanol–water partition coefficient (Wildman–Crippen LogP) is 6.76. The van der Waals surface area contributed by atoms with E-state index in [2.05, 4.69) is 10.6 Å². The van der Waals surface area contributed by atoms with Crippen molar-refractivity contribution in [2.45, 2.75) is 95.1 Å². The van der Waals surface area contributed by atoms with Crippen LogP contribution in [0.25, 0.3) is 5.70 Å². The maximum Gasteiger partial charge on any atom is 0.416 e. The fourth-order valence-corrected chi connectivity index (χ4v) is 5.80. The first kappa shape index (κ1) is 28.8. The van der Waals surface area contributed by atoms with Crippen LogP contribution in [0.5, 0.6) is 0 Å². The van der Waals surface area contributed by atoms with Gasteiger partial charge in [0.05, 0.1) is 17.7 Å². The highest BCUT2D eigenvalue weighted by molar-refractivity contribution is 5.78. The van der Waals surface area contributed by atoms with Gasteiger partial charge >= 0.3 is 12.4 Å². The van der Waals surface area contributed by atoms with Crippen LogP contribution < -0.4 is 10.6 Å². The van der Waals surface area contributed by atoms with E-state index in [4.69, 9.17) is 0 Å². The fourth-order valence-electron chi connectivity index (χ4n) is 5.80. The third-order valence-electron chi connectivity index (χ3n) is 8.41. The molecule has 0 spiro atoms. The number of likely N-dealkylation sites (N-methyl/N-ethyl adjacent to an activating group) is 1. The van der Waals surface area contributed by atoms with E-state index < -0.39 is 23.5 Å². The lowest BCUT2D eigenvalue weighted by Gasteiger charge is -2.32. The van der Waals surface area contributed by atoms with Crippen molar-refractivity contribution in [1.29, 1.82) is 0 Å². The second kappa shape index (κ2) is 11.9. The van der Waals surface area contributed by atoms with E-state index in [0.29, 0.717) is 37.7 Å². The van der Waals surface area contributed by atoms with Crippen molar-refractivity contribution in [3.05, 3.63) is 40.5 Å². The van der Waals surface area contributed by atoms with E-state index in [1.807, 2.05) is 11.9 Å². The topological polar surface area (TPSA) is 44.4 Å². The molecule has 3 saturated carbocycles. The third kappa shape index (κ3) is 7.24. The van der Waals surface area contributed by atoms with Gasteiger partial charge in [0.1, 0.15) is 0 Å². The highest BCUT2D eigenvalue weighted by Gasteiger charge is 2.37. The quantitative estimate of drug-likeness (QED) is 0.355. The zero-order chi connectivity index (χ0) is 27.5. The summed E-state index contributed by atoms with van der Waals surface area (Å²) in [4.78, 5) is 14.4. The molecule has 0 atom stereocenters. The summed E-state index contributed by atoms with van der Waals surface area (Å²) in [7, 11) is 1.87. The van der Waals surface area contributed by atoms with E-state index in [1.165, 1.54) is 12.8 Å². The Hall–Kier alpha value is -2.23. The van der Waals surface area contributed by atoms with Crippen molar-refractivity contribution >= 4 is 11.6 Å². The molecule has 4 nitrogen and oxygen atoms in total. The predicted molar refractivity (Wildman–Crippen MR) is 134 cm³/mol. The Bertz CT molecular complexity index is 967. The summed E-state index contributed by atoms with van der Waals surface area (Å²) >= 11 is 0. The molecular formula is C28H37F6N3O. The number of allylic oxidation sites excluding steroid dienone is 1. The monoisotopic (exact) mass is 545 g/mol. The summed E-state index contributed by atoms with van der Waals surface area (Å²) in [5, 5.41) is 6.62. The van der Waals surface area contributed by atoms with Crippen LogP contribution >= 0.6 is 0 Å². The summed E-state index contributed by atoms with van der Waals surface area (Å²) in [6, 6.07) is 2.40. The Morgan fingerprint density at radius 1 is 0.868 bits per heavy atom. The summed E-state index contributed by atoms with van der Waals surface area (Å²) < 4.78 is 80.5. The number of amides is 1. The van der Waals surface area contributed by atoms with Crippen LogP contribution in [0.4, 0.5) is 26.3 Å². The van der Waals surface area contributed by atoms with Gasteiger partial charge in [0.15, 0.2) is 0 Å². The molecule has 10 heteroatoms. The highest BCUT2D eigenvalue weighted by atomic mass is 19.4. The Morgan fingerprint density at radius 3 is 1.95 bits per heavy atom. The van der Waals surface area contributed by atoms with Crippen LogP contribution in [0.15, 0.2) is 23.8 Å². The number of nitrogens with zero attached hydrogens (tertiary/aromatic N) is 1. The van der Waals surface area contributed by atoms with Gasteiger partial charge in [0.25, 0.3) is 0 Å². The summed E-state index contributed by atoms with van der Waals surface area (Å²) in [5.74, 6) is 0.366. The molecule has 0 radical (unpaired) electrons. The smallest absolute Gasteiger partial charge is 0.384 e.